The average Bonchev–Trinajstić information content (AvgIpc) is 3.06. The molecule has 2 saturated heterocycles. The quantitative estimate of drug-likeness (QED) is 0.153. The fraction of sp³-hybridized carbons (Fsp3) is 0.459. The molecule has 7 nitrogen and oxygen atoms in total. The van der Waals surface area contributed by atoms with Crippen LogP contribution in [0.1, 0.15) is 48.9 Å². The molecule has 9 heteroatoms. The van der Waals surface area contributed by atoms with Crippen LogP contribution in [0.2, 0.25) is 0 Å². The van der Waals surface area contributed by atoms with E-state index in [2.05, 4.69) is 124 Å². The van der Waals surface area contributed by atoms with Crippen molar-refractivity contribution in [3.05, 3.63) is 97.9 Å². The molecular weight excluding hydrogens is 706 g/mol. The van der Waals surface area contributed by atoms with Gasteiger partial charge < -0.3 is 10.1 Å². The van der Waals surface area contributed by atoms with E-state index in [1.54, 1.807) is 0 Å². The number of anilines is 1. The van der Waals surface area contributed by atoms with Gasteiger partial charge in [0.15, 0.2) is 0 Å². The molecule has 2 aliphatic heterocycles. The predicted molar refractivity (Wildman–Crippen MR) is 194 cm³/mol. The highest BCUT2D eigenvalue weighted by atomic mass is 79.9. The molecule has 0 saturated carbocycles. The summed E-state index contributed by atoms with van der Waals surface area (Å²) in [6, 6.07) is 23.7. The van der Waals surface area contributed by atoms with Crippen molar-refractivity contribution in [1.82, 2.24) is 19.6 Å². The fourth-order valence-corrected chi connectivity index (χ4v) is 7.02. The minimum atomic E-state index is -0.994. The third-order valence-corrected chi connectivity index (χ3v) is 10.7. The zero-order chi connectivity index (χ0) is 32.5. The Bertz CT molecular complexity index is 1340. The summed E-state index contributed by atoms with van der Waals surface area (Å²) in [6.45, 7) is 15.5. The molecule has 1 amide bonds. The molecule has 0 atom stereocenters. The van der Waals surface area contributed by atoms with Crippen LogP contribution in [-0.2, 0) is 35.8 Å². The molecule has 246 valence electrons. The van der Waals surface area contributed by atoms with E-state index in [-0.39, 0.29) is 5.91 Å². The smallest absolute Gasteiger partial charge is 0.237 e. The summed E-state index contributed by atoms with van der Waals surface area (Å²) in [5.41, 5.74) is 4.87. The molecule has 0 aromatic heterocycles. The van der Waals surface area contributed by atoms with Gasteiger partial charge in [0.05, 0.1) is 0 Å². The Morgan fingerprint density at radius 1 is 0.630 bits per heavy atom. The van der Waals surface area contributed by atoms with Crippen LogP contribution in [-0.4, -0.2) is 84.2 Å². The van der Waals surface area contributed by atoms with Gasteiger partial charge in [0.2, 0.25) is 5.91 Å². The lowest BCUT2D eigenvalue weighted by atomic mass is 9.83. The Kier molecular flexibility index (Phi) is 12.6. The maximum atomic E-state index is 13.4. The van der Waals surface area contributed by atoms with E-state index in [0.717, 1.165) is 99.5 Å². The second-order valence-electron chi connectivity index (χ2n) is 12.8. The van der Waals surface area contributed by atoms with E-state index >= 15 is 0 Å². The molecule has 2 heterocycles. The number of carbonyl (C=O) groups is 2. The summed E-state index contributed by atoms with van der Waals surface area (Å²) < 4.78 is 2.22. The lowest BCUT2D eigenvalue weighted by Crippen LogP contribution is -2.45. The van der Waals surface area contributed by atoms with Gasteiger partial charge in [-0.1, -0.05) is 76.0 Å². The van der Waals surface area contributed by atoms with Crippen LogP contribution in [0, 0.1) is 5.41 Å². The molecule has 0 unspecified atom stereocenters. The van der Waals surface area contributed by atoms with Gasteiger partial charge in [-0.15, -0.1) is 0 Å². The standard InChI is InChI=1S/C37H47Br2N5O2/c1-3-37(4-2,28-45)36(46)40-35-22-31(26-43-17-13-41(14-18-43)24-29-5-9-33(38)10-6-29)21-32(23-35)27-44-19-15-42(16-20-44)25-30-7-11-34(39)12-8-30/h5-12,21-23,28H,3-4,13-20,24-27H2,1-2H3,(H,40,46). The summed E-state index contributed by atoms with van der Waals surface area (Å²) in [5.74, 6) is -0.210. The van der Waals surface area contributed by atoms with Crippen LogP contribution < -0.4 is 5.32 Å². The topological polar surface area (TPSA) is 59.1 Å². The highest BCUT2D eigenvalue weighted by Gasteiger charge is 2.34. The van der Waals surface area contributed by atoms with Gasteiger partial charge in [0, 0.05) is 93.2 Å². The summed E-state index contributed by atoms with van der Waals surface area (Å²) >= 11 is 7.06. The number of halogens is 2. The number of rotatable bonds is 13. The Balaban J connectivity index is 1.23. The number of amides is 1. The van der Waals surface area contributed by atoms with Crippen LogP contribution >= 0.6 is 31.9 Å². The molecule has 3 aromatic carbocycles. The van der Waals surface area contributed by atoms with E-state index in [1.807, 2.05) is 13.8 Å². The number of benzene rings is 3. The lowest BCUT2D eigenvalue weighted by molar-refractivity contribution is -0.132. The maximum Gasteiger partial charge on any atom is 0.237 e. The minimum Gasteiger partial charge on any atom is -0.325 e. The normalized spacial score (nSPS) is 17.2. The van der Waals surface area contributed by atoms with Crippen molar-refractivity contribution in [2.45, 2.75) is 52.9 Å². The summed E-state index contributed by atoms with van der Waals surface area (Å²) in [7, 11) is 0. The highest BCUT2D eigenvalue weighted by Crippen LogP contribution is 2.27. The summed E-state index contributed by atoms with van der Waals surface area (Å²) in [5, 5.41) is 3.14. The molecule has 1 N–H and O–H groups in total. The number of hydrogen-bond donors (Lipinski definition) is 1. The van der Waals surface area contributed by atoms with Crippen LogP contribution in [0.5, 0.6) is 0 Å². The molecule has 0 radical (unpaired) electrons. The van der Waals surface area contributed by atoms with Crippen molar-refractivity contribution in [3.8, 4) is 0 Å². The van der Waals surface area contributed by atoms with E-state index in [4.69, 9.17) is 0 Å². The van der Waals surface area contributed by atoms with E-state index < -0.39 is 5.41 Å². The summed E-state index contributed by atoms with van der Waals surface area (Å²) in [6.07, 6.45) is 1.80. The third kappa shape index (κ3) is 9.58. The molecule has 0 aliphatic carbocycles. The Morgan fingerprint density at radius 3 is 1.30 bits per heavy atom. The largest absolute Gasteiger partial charge is 0.325 e. The molecule has 2 fully saturated rings. The van der Waals surface area contributed by atoms with E-state index in [0.29, 0.717) is 12.8 Å². The van der Waals surface area contributed by atoms with Gasteiger partial charge in [-0.2, -0.15) is 0 Å². The SMILES string of the molecule is CCC(C=O)(CC)C(=O)Nc1cc(CN2CCN(Cc3ccc(Br)cc3)CC2)cc(CN2CCN(Cc3ccc(Br)cc3)CC2)c1. The van der Waals surface area contributed by atoms with Crippen molar-refractivity contribution >= 4 is 49.7 Å². The number of hydrogen-bond acceptors (Lipinski definition) is 6. The monoisotopic (exact) mass is 751 g/mol. The molecule has 5 rings (SSSR count). The van der Waals surface area contributed by atoms with Gasteiger partial charge in [-0.05, 0) is 71.5 Å². The molecule has 0 spiro atoms. The Hall–Kier alpha value is -2.40. The number of carbonyl (C=O) groups excluding carboxylic acids is 2. The first-order valence-electron chi connectivity index (χ1n) is 16.6. The van der Waals surface area contributed by atoms with Gasteiger partial charge in [0.1, 0.15) is 11.7 Å². The molecular formula is C37H47Br2N5O2. The third-order valence-electron chi connectivity index (χ3n) is 9.63. The summed E-state index contributed by atoms with van der Waals surface area (Å²) in [4.78, 5) is 35.4. The van der Waals surface area contributed by atoms with Gasteiger partial charge in [-0.25, -0.2) is 0 Å². The molecule has 0 bridgehead atoms. The number of nitrogens with one attached hydrogen (secondary N) is 1. The minimum absolute atomic E-state index is 0.210. The number of aldehydes is 1. The lowest BCUT2D eigenvalue weighted by Gasteiger charge is -2.35. The number of piperazine rings is 2. The molecule has 46 heavy (non-hydrogen) atoms. The fourth-order valence-electron chi connectivity index (χ4n) is 6.49. The Labute approximate surface area is 291 Å². The van der Waals surface area contributed by atoms with Crippen molar-refractivity contribution < 1.29 is 9.59 Å². The maximum absolute atomic E-state index is 13.4. The molecule has 2 aliphatic rings. The first-order valence-corrected chi connectivity index (χ1v) is 18.1. The van der Waals surface area contributed by atoms with Crippen molar-refractivity contribution in [2.24, 2.45) is 5.41 Å². The zero-order valence-electron chi connectivity index (χ0n) is 27.2. The van der Waals surface area contributed by atoms with E-state index in [9.17, 15) is 9.59 Å². The van der Waals surface area contributed by atoms with Crippen molar-refractivity contribution in [1.29, 1.82) is 0 Å². The number of nitrogens with zero attached hydrogens (tertiary/aromatic N) is 4. The second kappa shape index (κ2) is 16.6. The average molecular weight is 754 g/mol. The van der Waals surface area contributed by atoms with Gasteiger partial charge in [-0.3, -0.25) is 24.4 Å². The van der Waals surface area contributed by atoms with Gasteiger partial charge >= 0.3 is 0 Å². The Morgan fingerprint density at radius 2 is 0.978 bits per heavy atom. The van der Waals surface area contributed by atoms with Crippen LogP contribution in [0.25, 0.3) is 0 Å². The van der Waals surface area contributed by atoms with Crippen molar-refractivity contribution in [3.63, 3.8) is 0 Å². The van der Waals surface area contributed by atoms with E-state index in [1.165, 1.54) is 22.3 Å². The highest BCUT2D eigenvalue weighted by molar-refractivity contribution is 9.10. The van der Waals surface area contributed by atoms with Crippen molar-refractivity contribution in [2.75, 3.05) is 57.7 Å². The van der Waals surface area contributed by atoms with Crippen LogP contribution in [0.15, 0.2) is 75.7 Å². The second-order valence-corrected chi connectivity index (χ2v) is 14.7. The van der Waals surface area contributed by atoms with Crippen LogP contribution in [0.4, 0.5) is 5.69 Å². The zero-order valence-corrected chi connectivity index (χ0v) is 30.4. The first kappa shape index (κ1) is 34.9. The predicted octanol–water partition coefficient (Wildman–Crippen LogP) is 6.79. The molecule has 3 aromatic rings. The van der Waals surface area contributed by atoms with Crippen LogP contribution in [0.3, 0.4) is 0 Å². The first-order chi connectivity index (χ1) is 22.3. The van der Waals surface area contributed by atoms with Gasteiger partial charge in [0.25, 0.3) is 0 Å².